The summed E-state index contributed by atoms with van der Waals surface area (Å²) in [4.78, 5) is 2.58. The van der Waals surface area contributed by atoms with Crippen molar-refractivity contribution in [2.24, 2.45) is 5.92 Å². The predicted octanol–water partition coefficient (Wildman–Crippen LogP) is 2.14. The monoisotopic (exact) mass is 185 g/mol. The van der Waals surface area contributed by atoms with E-state index in [4.69, 9.17) is 4.74 Å². The Bertz CT molecular complexity index is 136. The third kappa shape index (κ3) is 3.65. The van der Waals surface area contributed by atoms with E-state index in [2.05, 4.69) is 18.7 Å². The molecule has 0 aromatic rings. The number of rotatable bonds is 3. The summed E-state index contributed by atoms with van der Waals surface area (Å²) in [6.07, 6.45) is 4.08. The van der Waals surface area contributed by atoms with Gasteiger partial charge in [0.15, 0.2) is 0 Å². The molecule has 1 rings (SSSR count). The summed E-state index contributed by atoms with van der Waals surface area (Å²) in [6, 6.07) is 0.692. The first-order valence-electron chi connectivity index (χ1n) is 5.47. The fraction of sp³-hybridized carbons (Fsp3) is 1.00. The quantitative estimate of drug-likeness (QED) is 0.668. The lowest BCUT2D eigenvalue weighted by Crippen LogP contribution is -2.35. The van der Waals surface area contributed by atoms with Crippen molar-refractivity contribution in [2.75, 3.05) is 26.8 Å². The molecule has 0 aliphatic carbocycles. The molecular formula is C11H23NO. The highest BCUT2D eigenvalue weighted by molar-refractivity contribution is 4.73. The molecule has 1 aliphatic rings. The predicted molar refractivity (Wildman–Crippen MR) is 55.9 cm³/mol. The number of methoxy groups -OCH3 is 1. The molecule has 1 heterocycles. The van der Waals surface area contributed by atoms with Crippen LogP contribution in [0.3, 0.4) is 0 Å². The Kier molecular flexibility index (Phi) is 4.74. The second kappa shape index (κ2) is 5.61. The summed E-state index contributed by atoms with van der Waals surface area (Å²) in [7, 11) is 1.81. The van der Waals surface area contributed by atoms with E-state index in [1.807, 2.05) is 7.11 Å². The Morgan fingerprint density at radius 1 is 1.38 bits per heavy atom. The van der Waals surface area contributed by atoms with Gasteiger partial charge in [0, 0.05) is 19.7 Å². The van der Waals surface area contributed by atoms with Crippen LogP contribution in [0.5, 0.6) is 0 Å². The SMILES string of the molecule is COCC1CCCCN(C(C)C)C1. The van der Waals surface area contributed by atoms with Crippen molar-refractivity contribution in [3.05, 3.63) is 0 Å². The number of nitrogens with zero attached hydrogens (tertiary/aromatic N) is 1. The van der Waals surface area contributed by atoms with Crippen LogP contribution in [0.15, 0.2) is 0 Å². The molecule has 1 atom stereocenters. The summed E-state index contributed by atoms with van der Waals surface area (Å²) >= 11 is 0. The molecule has 0 aromatic heterocycles. The van der Waals surface area contributed by atoms with Gasteiger partial charge in [-0.3, -0.25) is 0 Å². The summed E-state index contributed by atoms with van der Waals surface area (Å²) in [5, 5.41) is 0. The molecule has 0 aromatic carbocycles. The minimum Gasteiger partial charge on any atom is -0.384 e. The van der Waals surface area contributed by atoms with Gasteiger partial charge in [0.1, 0.15) is 0 Å². The molecule has 1 fully saturated rings. The van der Waals surface area contributed by atoms with Gasteiger partial charge < -0.3 is 9.64 Å². The highest BCUT2D eigenvalue weighted by atomic mass is 16.5. The molecule has 0 saturated carbocycles. The fourth-order valence-electron chi connectivity index (χ4n) is 2.10. The topological polar surface area (TPSA) is 12.5 Å². The van der Waals surface area contributed by atoms with E-state index in [1.165, 1.54) is 32.4 Å². The maximum Gasteiger partial charge on any atom is 0.0502 e. The van der Waals surface area contributed by atoms with E-state index in [1.54, 1.807) is 0 Å². The van der Waals surface area contributed by atoms with E-state index in [0.717, 1.165) is 12.5 Å². The van der Waals surface area contributed by atoms with Gasteiger partial charge in [-0.1, -0.05) is 6.42 Å². The summed E-state index contributed by atoms with van der Waals surface area (Å²) in [6.45, 7) is 8.01. The van der Waals surface area contributed by atoms with Gasteiger partial charge in [-0.2, -0.15) is 0 Å². The Labute approximate surface area is 82.3 Å². The molecule has 1 aliphatic heterocycles. The van der Waals surface area contributed by atoms with Gasteiger partial charge in [0.05, 0.1) is 6.61 Å². The largest absolute Gasteiger partial charge is 0.384 e. The van der Waals surface area contributed by atoms with E-state index < -0.39 is 0 Å². The first-order chi connectivity index (χ1) is 6.24. The van der Waals surface area contributed by atoms with Crippen LogP contribution >= 0.6 is 0 Å². The van der Waals surface area contributed by atoms with Crippen molar-refractivity contribution in [3.63, 3.8) is 0 Å². The molecule has 2 nitrogen and oxygen atoms in total. The zero-order chi connectivity index (χ0) is 9.68. The Morgan fingerprint density at radius 3 is 2.77 bits per heavy atom. The van der Waals surface area contributed by atoms with Gasteiger partial charge in [-0.05, 0) is 39.2 Å². The summed E-state index contributed by atoms with van der Waals surface area (Å²) in [5.74, 6) is 0.759. The van der Waals surface area contributed by atoms with Crippen molar-refractivity contribution in [3.8, 4) is 0 Å². The number of hydrogen-bond acceptors (Lipinski definition) is 2. The summed E-state index contributed by atoms with van der Waals surface area (Å²) in [5.41, 5.74) is 0. The molecule has 1 saturated heterocycles. The molecule has 13 heavy (non-hydrogen) atoms. The van der Waals surface area contributed by atoms with Crippen molar-refractivity contribution >= 4 is 0 Å². The smallest absolute Gasteiger partial charge is 0.0502 e. The van der Waals surface area contributed by atoms with Crippen LogP contribution < -0.4 is 0 Å². The van der Waals surface area contributed by atoms with Crippen LogP contribution in [0.25, 0.3) is 0 Å². The van der Waals surface area contributed by atoms with Crippen molar-refractivity contribution in [2.45, 2.75) is 39.2 Å². The van der Waals surface area contributed by atoms with E-state index in [0.29, 0.717) is 6.04 Å². The Morgan fingerprint density at radius 2 is 2.15 bits per heavy atom. The highest BCUT2D eigenvalue weighted by Crippen LogP contribution is 2.18. The van der Waals surface area contributed by atoms with Crippen molar-refractivity contribution < 1.29 is 4.74 Å². The minimum absolute atomic E-state index is 0.692. The average Bonchev–Trinajstić information content (AvgIpc) is 2.30. The second-order valence-electron chi connectivity index (χ2n) is 4.41. The standard InChI is InChI=1S/C11H23NO/c1-10(2)12-7-5-4-6-11(8-12)9-13-3/h10-11H,4-9H2,1-3H3. The first kappa shape index (κ1) is 11.0. The lowest BCUT2D eigenvalue weighted by Gasteiger charge is -2.27. The van der Waals surface area contributed by atoms with Gasteiger partial charge in [0.25, 0.3) is 0 Å². The van der Waals surface area contributed by atoms with Crippen LogP contribution in [0.2, 0.25) is 0 Å². The van der Waals surface area contributed by atoms with Gasteiger partial charge in [0.2, 0.25) is 0 Å². The second-order valence-corrected chi connectivity index (χ2v) is 4.41. The highest BCUT2D eigenvalue weighted by Gasteiger charge is 2.19. The van der Waals surface area contributed by atoms with Crippen LogP contribution in [0, 0.1) is 5.92 Å². The normalized spacial score (nSPS) is 26.3. The molecule has 0 amide bonds. The maximum atomic E-state index is 5.24. The van der Waals surface area contributed by atoms with Crippen molar-refractivity contribution in [1.82, 2.24) is 4.90 Å². The van der Waals surface area contributed by atoms with Crippen molar-refractivity contribution in [1.29, 1.82) is 0 Å². The molecule has 2 heteroatoms. The Balaban J connectivity index is 2.39. The molecule has 0 radical (unpaired) electrons. The first-order valence-corrected chi connectivity index (χ1v) is 5.47. The van der Waals surface area contributed by atoms with Gasteiger partial charge in [-0.15, -0.1) is 0 Å². The van der Waals surface area contributed by atoms with E-state index in [9.17, 15) is 0 Å². The molecule has 0 spiro atoms. The zero-order valence-electron chi connectivity index (χ0n) is 9.25. The van der Waals surface area contributed by atoms with Gasteiger partial charge >= 0.3 is 0 Å². The number of hydrogen-bond donors (Lipinski definition) is 0. The molecule has 1 unspecified atom stereocenters. The summed E-state index contributed by atoms with van der Waals surface area (Å²) < 4.78 is 5.24. The third-order valence-electron chi connectivity index (χ3n) is 2.93. The number of ether oxygens (including phenoxy) is 1. The van der Waals surface area contributed by atoms with Gasteiger partial charge in [-0.25, -0.2) is 0 Å². The van der Waals surface area contributed by atoms with Crippen LogP contribution in [-0.4, -0.2) is 37.7 Å². The molecule has 78 valence electrons. The van der Waals surface area contributed by atoms with E-state index >= 15 is 0 Å². The van der Waals surface area contributed by atoms with Crippen LogP contribution in [0.4, 0.5) is 0 Å². The van der Waals surface area contributed by atoms with Crippen LogP contribution in [0.1, 0.15) is 33.1 Å². The average molecular weight is 185 g/mol. The molecule has 0 bridgehead atoms. The lowest BCUT2D eigenvalue weighted by molar-refractivity contribution is 0.116. The third-order valence-corrected chi connectivity index (χ3v) is 2.93. The maximum absolute atomic E-state index is 5.24. The molecule has 0 N–H and O–H groups in total. The molecular weight excluding hydrogens is 162 g/mol. The minimum atomic E-state index is 0.692. The number of likely N-dealkylation sites (tertiary alicyclic amines) is 1. The van der Waals surface area contributed by atoms with E-state index in [-0.39, 0.29) is 0 Å². The fourth-order valence-corrected chi connectivity index (χ4v) is 2.10. The lowest BCUT2D eigenvalue weighted by atomic mass is 10.0. The zero-order valence-corrected chi connectivity index (χ0v) is 9.25. The Hall–Kier alpha value is -0.0800. The van der Waals surface area contributed by atoms with Crippen LogP contribution in [-0.2, 0) is 4.74 Å².